The highest BCUT2D eigenvalue weighted by atomic mass is 16.3. The highest BCUT2D eigenvalue weighted by molar-refractivity contribution is 5.46. The van der Waals surface area contributed by atoms with Gasteiger partial charge in [0.1, 0.15) is 0 Å². The third-order valence-corrected chi connectivity index (χ3v) is 3.09. The molecule has 0 fully saturated rings. The number of hydrogen-bond acceptors (Lipinski definition) is 2. The van der Waals surface area contributed by atoms with Gasteiger partial charge in [-0.15, -0.1) is 0 Å². The lowest BCUT2D eigenvalue weighted by atomic mass is 10.1. The van der Waals surface area contributed by atoms with Gasteiger partial charge in [-0.2, -0.15) is 0 Å². The average Bonchev–Trinajstić information content (AvgIpc) is 2.45. The second kappa shape index (κ2) is 6.22. The highest BCUT2D eigenvalue weighted by Gasteiger charge is 2.00. The Morgan fingerprint density at radius 1 is 1.00 bits per heavy atom. The summed E-state index contributed by atoms with van der Waals surface area (Å²) in [5, 5.41) is 12.5. The van der Waals surface area contributed by atoms with Gasteiger partial charge in [0.25, 0.3) is 0 Å². The van der Waals surface area contributed by atoms with Crippen LogP contribution in [0.15, 0.2) is 48.5 Å². The van der Waals surface area contributed by atoms with Crippen LogP contribution in [0.1, 0.15) is 23.6 Å². The predicted octanol–water partition coefficient (Wildman–Crippen LogP) is 3.35. The molecule has 0 aromatic heterocycles. The van der Waals surface area contributed by atoms with E-state index in [0.29, 0.717) is 0 Å². The number of aliphatic hydroxyl groups is 1. The van der Waals surface area contributed by atoms with Crippen molar-refractivity contribution in [3.63, 3.8) is 0 Å². The fourth-order valence-electron chi connectivity index (χ4n) is 2.05. The first kappa shape index (κ1) is 12.7. The summed E-state index contributed by atoms with van der Waals surface area (Å²) in [5.74, 6) is 0. The smallest absolute Gasteiger partial charge is 0.0682 e. The molecule has 0 heterocycles. The van der Waals surface area contributed by atoms with Gasteiger partial charge in [-0.25, -0.2) is 0 Å². The van der Waals surface area contributed by atoms with Crippen molar-refractivity contribution in [2.75, 3.05) is 5.32 Å². The first-order valence-corrected chi connectivity index (χ1v) is 6.34. The molecule has 0 atom stereocenters. The molecule has 0 unspecified atom stereocenters. The molecule has 0 saturated heterocycles. The predicted molar refractivity (Wildman–Crippen MR) is 75.5 cm³/mol. The summed E-state index contributed by atoms with van der Waals surface area (Å²) in [5.41, 5.74) is 4.69. The van der Waals surface area contributed by atoms with Crippen molar-refractivity contribution in [2.45, 2.75) is 26.5 Å². The van der Waals surface area contributed by atoms with Gasteiger partial charge in [-0.05, 0) is 35.2 Å². The Morgan fingerprint density at radius 3 is 2.50 bits per heavy atom. The number of nitrogens with one attached hydrogen (secondary N) is 1. The van der Waals surface area contributed by atoms with Crippen LogP contribution in [-0.4, -0.2) is 5.11 Å². The van der Waals surface area contributed by atoms with Crippen LogP contribution in [0.2, 0.25) is 0 Å². The molecule has 0 amide bonds. The molecule has 0 aliphatic heterocycles. The minimum Gasteiger partial charge on any atom is -0.392 e. The summed E-state index contributed by atoms with van der Waals surface area (Å²) in [6.07, 6.45) is 1.05. The van der Waals surface area contributed by atoms with E-state index in [9.17, 15) is 0 Å². The van der Waals surface area contributed by atoms with E-state index >= 15 is 0 Å². The summed E-state index contributed by atoms with van der Waals surface area (Å²) < 4.78 is 0. The van der Waals surface area contributed by atoms with Crippen molar-refractivity contribution in [1.82, 2.24) is 0 Å². The molecule has 2 aromatic carbocycles. The summed E-state index contributed by atoms with van der Waals surface area (Å²) in [6, 6.07) is 16.4. The molecule has 94 valence electrons. The highest BCUT2D eigenvalue weighted by Crippen LogP contribution is 2.14. The molecule has 2 N–H and O–H groups in total. The van der Waals surface area contributed by atoms with Crippen LogP contribution in [0.3, 0.4) is 0 Å². The molecule has 0 aliphatic rings. The lowest BCUT2D eigenvalue weighted by Crippen LogP contribution is -2.02. The van der Waals surface area contributed by atoms with Crippen LogP contribution in [0, 0.1) is 0 Å². The normalized spacial score (nSPS) is 10.3. The van der Waals surface area contributed by atoms with E-state index in [1.165, 1.54) is 11.1 Å². The van der Waals surface area contributed by atoms with E-state index in [2.05, 4.69) is 36.5 Å². The van der Waals surface area contributed by atoms with Crippen molar-refractivity contribution < 1.29 is 5.11 Å². The van der Waals surface area contributed by atoms with Gasteiger partial charge in [0.2, 0.25) is 0 Å². The molecular formula is C16H19NO. The zero-order chi connectivity index (χ0) is 12.8. The number of anilines is 1. The van der Waals surface area contributed by atoms with Crippen molar-refractivity contribution in [3.05, 3.63) is 65.2 Å². The first-order chi connectivity index (χ1) is 8.83. The van der Waals surface area contributed by atoms with Gasteiger partial charge in [0.15, 0.2) is 0 Å². The van der Waals surface area contributed by atoms with Gasteiger partial charge in [-0.1, -0.05) is 43.3 Å². The maximum Gasteiger partial charge on any atom is 0.0682 e. The monoisotopic (exact) mass is 241 g/mol. The largest absolute Gasteiger partial charge is 0.392 e. The summed E-state index contributed by atoms with van der Waals surface area (Å²) in [6.45, 7) is 3.07. The van der Waals surface area contributed by atoms with Gasteiger partial charge in [0, 0.05) is 12.2 Å². The number of rotatable bonds is 5. The maximum absolute atomic E-state index is 9.10. The van der Waals surface area contributed by atoms with Crippen molar-refractivity contribution in [1.29, 1.82) is 0 Å². The number of aliphatic hydroxyl groups excluding tert-OH is 1. The minimum atomic E-state index is 0.0844. The maximum atomic E-state index is 9.10. The molecule has 2 nitrogen and oxygen atoms in total. The fraction of sp³-hybridized carbons (Fsp3) is 0.250. The Labute approximate surface area is 108 Å². The van der Waals surface area contributed by atoms with Crippen LogP contribution < -0.4 is 5.32 Å². The molecule has 0 bridgehead atoms. The van der Waals surface area contributed by atoms with Crippen molar-refractivity contribution in [3.8, 4) is 0 Å². The number of benzene rings is 2. The molecule has 2 aromatic rings. The topological polar surface area (TPSA) is 32.3 Å². The molecule has 0 aliphatic carbocycles. The second-order valence-corrected chi connectivity index (χ2v) is 4.33. The van der Waals surface area contributed by atoms with E-state index < -0.39 is 0 Å². The van der Waals surface area contributed by atoms with Crippen LogP contribution in [0.5, 0.6) is 0 Å². The van der Waals surface area contributed by atoms with E-state index in [4.69, 9.17) is 5.11 Å². The second-order valence-electron chi connectivity index (χ2n) is 4.33. The molecule has 0 radical (unpaired) electrons. The first-order valence-electron chi connectivity index (χ1n) is 6.34. The Balaban J connectivity index is 2.06. The van der Waals surface area contributed by atoms with E-state index in [-0.39, 0.29) is 6.61 Å². The lowest BCUT2D eigenvalue weighted by molar-refractivity contribution is 0.282. The van der Waals surface area contributed by atoms with Gasteiger partial charge < -0.3 is 10.4 Å². The zero-order valence-electron chi connectivity index (χ0n) is 10.7. The standard InChI is InChI=1S/C16H19NO/c1-2-14-7-3-4-8-15(14)11-17-16-9-5-6-13(10-16)12-18/h3-10,17-18H,2,11-12H2,1H3. The summed E-state index contributed by atoms with van der Waals surface area (Å²) in [7, 11) is 0. The zero-order valence-corrected chi connectivity index (χ0v) is 10.7. The van der Waals surface area contributed by atoms with Crippen LogP contribution in [-0.2, 0) is 19.6 Å². The van der Waals surface area contributed by atoms with Crippen LogP contribution in [0.4, 0.5) is 5.69 Å². The summed E-state index contributed by atoms with van der Waals surface area (Å²) in [4.78, 5) is 0. The SMILES string of the molecule is CCc1ccccc1CNc1cccc(CO)c1. The number of aryl methyl sites for hydroxylation is 1. The third-order valence-electron chi connectivity index (χ3n) is 3.09. The molecular weight excluding hydrogens is 222 g/mol. The van der Waals surface area contributed by atoms with Crippen LogP contribution in [0.25, 0.3) is 0 Å². The quantitative estimate of drug-likeness (QED) is 0.841. The lowest BCUT2D eigenvalue weighted by Gasteiger charge is -2.11. The molecule has 2 rings (SSSR count). The molecule has 0 spiro atoms. The number of hydrogen-bond donors (Lipinski definition) is 2. The van der Waals surface area contributed by atoms with E-state index in [1.807, 2.05) is 24.3 Å². The van der Waals surface area contributed by atoms with Gasteiger partial charge in [0.05, 0.1) is 6.61 Å². The van der Waals surface area contributed by atoms with Crippen molar-refractivity contribution in [2.24, 2.45) is 0 Å². The Hall–Kier alpha value is -1.80. The Bertz CT molecular complexity index is 508. The van der Waals surface area contributed by atoms with Gasteiger partial charge >= 0.3 is 0 Å². The molecule has 18 heavy (non-hydrogen) atoms. The van der Waals surface area contributed by atoms with E-state index in [0.717, 1.165) is 24.2 Å². The molecule has 0 saturated carbocycles. The van der Waals surface area contributed by atoms with Crippen LogP contribution >= 0.6 is 0 Å². The van der Waals surface area contributed by atoms with Gasteiger partial charge in [-0.3, -0.25) is 0 Å². The van der Waals surface area contributed by atoms with Crippen molar-refractivity contribution >= 4 is 5.69 Å². The van der Waals surface area contributed by atoms with E-state index in [1.54, 1.807) is 0 Å². The third kappa shape index (κ3) is 3.11. The fourth-order valence-corrected chi connectivity index (χ4v) is 2.05. The average molecular weight is 241 g/mol. The molecule has 2 heteroatoms. The Kier molecular flexibility index (Phi) is 4.37. The minimum absolute atomic E-state index is 0.0844. The Morgan fingerprint density at radius 2 is 1.78 bits per heavy atom. The summed E-state index contributed by atoms with van der Waals surface area (Å²) >= 11 is 0.